The highest BCUT2D eigenvalue weighted by Crippen LogP contribution is 2.29. The second-order valence-electron chi connectivity index (χ2n) is 9.20. The van der Waals surface area contributed by atoms with Gasteiger partial charge in [0.25, 0.3) is 5.91 Å². The van der Waals surface area contributed by atoms with E-state index in [4.69, 9.17) is 0 Å². The second-order valence-corrected chi connectivity index (χ2v) is 9.20. The highest BCUT2D eigenvalue weighted by atomic mass is 19.1. The number of aryl methyl sites for hydroxylation is 2. The molecule has 0 radical (unpaired) electrons. The standard InChI is InChI=1S/C29H27FN4O2/c1-19-8-11-22(12-9-19)28(36)33(23-14-15-23)18-27(35)32-29-31-26(21-6-4-3-5-7-21)17-34(29)24-13-10-20(2)25(30)16-24/h3-13,16-17,23H,14-15,18H2,1-2H3,(H,31,32,35). The third-order valence-electron chi connectivity index (χ3n) is 6.32. The van der Waals surface area contributed by atoms with Crippen molar-refractivity contribution in [3.05, 3.63) is 102 Å². The van der Waals surface area contributed by atoms with E-state index in [0.717, 1.165) is 24.0 Å². The van der Waals surface area contributed by atoms with Crippen molar-refractivity contribution in [1.82, 2.24) is 14.5 Å². The minimum atomic E-state index is -0.360. The van der Waals surface area contributed by atoms with Crippen molar-refractivity contribution in [2.75, 3.05) is 11.9 Å². The first-order valence-electron chi connectivity index (χ1n) is 12.0. The zero-order chi connectivity index (χ0) is 25.2. The van der Waals surface area contributed by atoms with Gasteiger partial charge in [0.05, 0.1) is 11.4 Å². The molecule has 1 aliphatic rings. The molecule has 0 aliphatic heterocycles. The lowest BCUT2D eigenvalue weighted by molar-refractivity contribution is -0.117. The monoisotopic (exact) mass is 482 g/mol. The van der Waals surface area contributed by atoms with E-state index in [1.807, 2.05) is 49.4 Å². The summed E-state index contributed by atoms with van der Waals surface area (Å²) in [6.45, 7) is 3.57. The van der Waals surface area contributed by atoms with Crippen molar-refractivity contribution in [2.45, 2.75) is 32.7 Å². The third kappa shape index (κ3) is 5.05. The first-order chi connectivity index (χ1) is 17.4. The van der Waals surface area contributed by atoms with E-state index in [9.17, 15) is 14.0 Å². The molecule has 4 aromatic rings. The minimum absolute atomic E-state index is 0.0513. The maximum Gasteiger partial charge on any atom is 0.254 e. The lowest BCUT2D eigenvalue weighted by Gasteiger charge is -2.22. The number of anilines is 1. The van der Waals surface area contributed by atoms with Crippen molar-refractivity contribution in [3.8, 4) is 16.9 Å². The predicted octanol–water partition coefficient (Wildman–Crippen LogP) is 5.54. The second kappa shape index (κ2) is 9.77. The van der Waals surface area contributed by atoms with E-state index in [1.165, 1.54) is 6.07 Å². The molecule has 6 nitrogen and oxygen atoms in total. The van der Waals surface area contributed by atoms with E-state index in [1.54, 1.807) is 46.9 Å². The van der Waals surface area contributed by atoms with Gasteiger partial charge < -0.3 is 4.90 Å². The Morgan fingerprint density at radius 1 is 1.03 bits per heavy atom. The van der Waals surface area contributed by atoms with Gasteiger partial charge in [0.15, 0.2) is 0 Å². The molecular weight excluding hydrogens is 455 g/mol. The van der Waals surface area contributed by atoms with E-state index in [0.29, 0.717) is 22.5 Å². The van der Waals surface area contributed by atoms with Crippen LogP contribution in [-0.2, 0) is 4.79 Å². The maximum absolute atomic E-state index is 14.4. The molecule has 5 rings (SSSR count). The Morgan fingerprint density at radius 2 is 1.75 bits per heavy atom. The summed E-state index contributed by atoms with van der Waals surface area (Å²) in [6, 6.07) is 21.9. The number of benzene rings is 3. The SMILES string of the molecule is Cc1ccc(C(=O)N(CC(=O)Nc2nc(-c3ccccc3)cn2-c2ccc(C)c(F)c2)C2CC2)cc1. The van der Waals surface area contributed by atoms with Gasteiger partial charge in [-0.2, -0.15) is 0 Å². The third-order valence-corrected chi connectivity index (χ3v) is 6.32. The van der Waals surface area contributed by atoms with E-state index in [-0.39, 0.29) is 36.2 Å². The Kier molecular flexibility index (Phi) is 6.38. The zero-order valence-electron chi connectivity index (χ0n) is 20.2. The number of amides is 2. The van der Waals surface area contributed by atoms with Crippen LogP contribution in [0.25, 0.3) is 16.9 Å². The summed E-state index contributed by atoms with van der Waals surface area (Å²) >= 11 is 0. The Balaban J connectivity index is 1.42. The average molecular weight is 483 g/mol. The summed E-state index contributed by atoms with van der Waals surface area (Å²) in [6.07, 6.45) is 3.52. The zero-order valence-corrected chi connectivity index (χ0v) is 20.2. The van der Waals surface area contributed by atoms with Crippen molar-refractivity contribution < 1.29 is 14.0 Å². The molecule has 1 fully saturated rings. The van der Waals surface area contributed by atoms with E-state index in [2.05, 4.69) is 10.3 Å². The van der Waals surface area contributed by atoms with E-state index < -0.39 is 0 Å². The molecule has 1 aliphatic carbocycles. The van der Waals surface area contributed by atoms with Gasteiger partial charge in [-0.05, 0) is 56.5 Å². The molecule has 2 amide bonds. The summed E-state index contributed by atoms with van der Waals surface area (Å²) in [5, 5.41) is 2.86. The average Bonchev–Trinajstić information content (AvgIpc) is 3.64. The topological polar surface area (TPSA) is 67.2 Å². The number of halogens is 1. The van der Waals surface area contributed by atoms with Gasteiger partial charge in [0, 0.05) is 23.4 Å². The van der Waals surface area contributed by atoms with Gasteiger partial charge in [0.1, 0.15) is 12.4 Å². The van der Waals surface area contributed by atoms with Crippen molar-refractivity contribution in [3.63, 3.8) is 0 Å². The van der Waals surface area contributed by atoms with Crippen LogP contribution in [0.2, 0.25) is 0 Å². The smallest absolute Gasteiger partial charge is 0.254 e. The fourth-order valence-corrected chi connectivity index (χ4v) is 4.08. The molecule has 0 unspecified atom stereocenters. The number of carbonyl (C=O) groups is 2. The maximum atomic E-state index is 14.4. The van der Waals surface area contributed by atoms with Crippen LogP contribution in [0.1, 0.15) is 34.3 Å². The number of imidazole rings is 1. The first kappa shape index (κ1) is 23.5. The highest BCUT2D eigenvalue weighted by molar-refractivity contribution is 5.99. The number of hydrogen-bond donors (Lipinski definition) is 1. The Bertz CT molecular complexity index is 1410. The summed E-state index contributed by atoms with van der Waals surface area (Å²) in [5.74, 6) is -0.605. The van der Waals surface area contributed by atoms with Crippen molar-refractivity contribution in [2.24, 2.45) is 0 Å². The van der Waals surface area contributed by atoms with Crippen LogP contribution in [0.4, 0.5) is 10.3 Å². The number of carbonyl (C=O) groups excluding carboxylic acids is 2. The largest absolute Gasteiger partial charge is 0.326 e. The van der Waals surface area contributed by atoms with Gasteiger partial charge in [-0.3, -0.25) is 19.5 Å². The summed E-state index contributed by atoms with van der Waals surface area (Å²) in [5.41, 5.74) is 4.20. The molecule has 36 heavy (non-hydrogen) atoms. The number of nitrogens with zero attached hydrogens (tertiary/aromatic N) is 3. The van der Waals surface area contributed by atoms with Gasteiger partial charge in [-0.25, -0.2) is 9.37 Å². The molecule has 7 heteroatoms. The first-order valence-corrected chi connectivity index (χ1v) is 12.0. The van der Waals surface area contributed by atoms with Crippen molar-refractivity contribution >= 4 is 17.8 Å². The van der Waals surface area contributed by atoms with Crippen LogP contribution >= 0.6 is 0 Å². The van der Waals surface area contributed by atoms with Crippen LogP contribution in [0.3, 0.4) is 0 Å². The van der Waals surface area contributed by atoms with Crippen molar-refractivity contribution in [1.29, 1.82) is 0 Å². The summed E-state index contributed by atoms with van der Waals surface area (Å²) < 4.78 is 16.0. The molecular formula is C29H27FN4O2. The van der Waals surface area contributed by atoms with Crippen LogP contribution in [-0.4, -0.2) is 38.9 Å². The fraction of sp³-hybridized carbons (Fsp3) is 0.207. The van der Waals surface area contributed by atoms with Crippen LogP contribution in [0.15, 0.2) is 79.0 Å². The number of nitrogens with one attached hydrogen (secondary N) is 1. The molecule has 1 saturated carbocycles. The molecule has 0 spiro atoms. The lowest BCUT2D eigenvalue weighted by atomic mass is 10.1. The van der Waals surface area contributed by atoms with Crippen LogP contribution in [0, 0.1) is 19.7 Å². The Labute approximate surface area is 209 Å². The Hall–Kier alpha value is -4.26. The number of rotatable bonds is 7. The lowest BCUT2D eigenvalue weighted by Crippen LogP contribution is -2.39. The molecule has 0 saturated heterocycles. The van der Waals surface area contributed by atoms with E-state index >= 15 is 0 Å². The molecule has 1 heterocycles. The fourth-order valence-electron chi connectivity index (χ4n) is 4.08. The summed E-state index contributed by atoms with van der Waals surface area (Å²) in [7, 11) is 0. The predicted molar refractivity (Wildman–Crippen MR) is 138 cm³/mol. The Morgan fingerprint density at radius 3 is 2.42 bits per heavy atom. The minimum Gasteiger partial charge on any atom is -0.326 e. The number of hydrogen-bond acceptors (Lipinski definition) is 3. The molecule has 0 bridgehead atoms. The normalized spacial score (nSPS) is 12.9. The van der Waals surface area contributed by atoms with Gasteiger partial charge in [-0.15, -0.1) is 0 Å². The molecule has 0 atom stereocenters. The van der Waals surface area contributed by atoms with Gasteiger partial charge in [-0.1, -0.05) is 54.1 Å². The summed E-state index contributed by atoms with van der Waals surface area (Å²) in [4.78, 5) is 32.6. The molecule has 182 valence electrons. The molecule has 1 N–H and O–H groups in total. The van der Waals surface area contributed by atoms with Gasteiger partial charge in [0.2, 0.25) is 11.9 Å². The van der Waals surface area contributed by atoms with Crippen LogP contribution < -0.4 is 5.32 Å². The van der Waals surface area contributed by atoms with Gasteiger partial charge >= 0.3 is 0 Å². The number of aromatic nitrogens is 2. The molecule has 1 aromatic heterocycles. The molecule has 3 aromatic carbocycles. The quantitative estimate of drug-likeness (QED) is 0.376. The van der Waals surface area contributed by atoms with Crippen LogP contribution in [0.5, 0.6) is 0 Å². The highest BCUT2D eigenvalue weighted by Gasteiger charge is 2.34.